The van der Waals surface area contributed by atoms with Gasteiger partial charge in [0.25, 0.3) is 0 Å². The molecular weight excluding hydrogens is 348 g/mol. The van der Waals surface area contributed by atoms with Crippen LogP contribution in [0, 0.1) is 0 Å². The Balaban J connectivity index is 1.79. The van der Waals surface area contributed by atoms with E-state index in [2.05, 4.69) is 30.9 Å². The minimum absolute atomic E-state index is 0.509. The van der Waals surface area contributed by atoms with Crippen LogP contribution < -0.4 is 16.0 Å². The van der Waals surface area contributed by atoms with Gasteiger partial charge in [-0.3, -0.25) is 0 Å². The molecule has 0 saturated carbocycles. The molecule has 7 heteroatoms. The second kappa shape index (κ2) is 9.12. The van der Waals surface area contributed by atoms with Crippen LogP contribution in [0.4, 0.5) is 17.5 Å². The number of nitrogens with zero attached hydrogens (tertiary/aromatic N) is 3. The van der Waals surface area contributed by atoms with E-state index in [4.69, 9.17) is 11.6 Å². The van der Waals surface area contributed by atoms with Crippen molar-refractivity contribution >= 4 is 29.1 Å². The van der Waals surface area contributed by atoms with Gasteiger partial charge >= 0.3 is 0 Å². The van der Waals surface area contributed by atoms with Crippen molar-refractivity contribution in [3.63, 3.8) is 0 Å². The van der Waals surface area contributed by atoms with Crippen LogP contribution in [-0.2, 0) is 0 Å². The van der Waals surface area contributed by atoms with Crippen LogP contribution in [0.1, 0.15) is 6.42 Å². The first-order valence-electron chi connectivity index (χ1n) is 8.46. The van der Waals surface area contributed by atoms with E-state index in [1.165, 1.54) is 0 Å². The van der Waals surface area contributed by atoms with Crippen LogP contribution >= 0.6 is 11.6 Å². The van der Waals surface area contributed by atoms with Crippen LogP contribution in [0.2, 0.25) is 5.02 Å². The first-order valence-corrected chi connectivity index (χ1v) is 8.83. The molecule has 2 heterocycles. The molecule has 6 nitrogen and oxygen atoms in total. The Morgan fingerprint density at radius 1 is 1.00 bits per heavy atom. The second-order valence-electron chi connectivity index (χ2n) is 5.68. The van der Waals surface area contributed by atoms with Gasteiger partial charge in [0.1, 0.15) is 5.82 Å². The van der Waals surface area contributed by atoms with Crippen molar-refractivity contribution in [2.45, 2.75) is 6.42 Å². The Bertz CT molecular complexity index is 855. The van der Waals surface area contributed by atoms with Crippen LogP contribution in [0.5, 0.6) is 0 Å². The highest BCUT2D eigenvalue weighted by Crippen LogP contribution is 2.25. The summed E-state index contributed by atoms with van der Waals surface area (Å²) in [5.74, 6) is 1.32. The number of nitrogens with one attached hydrogen (secondary N) is 3. The predicted molar refractivity (Wildman–Crippen MR) is 107 cm³/mol. The Labute approximate surface area is 158 Å². The minimum atomic E-state index is 0.509. The van der Waals surface area contributed by atoms with E-state index in [9.17, 15) is 0 Å². The highest BCUT2D eigenvalue weighted by molar-refractivity contribution is 6.30. The highest BCUT2D eigenvalue weighted by atomic mass is 35.5. The zero-order valence-electron chi connectivity index (χ0n) is 14.5. The summed E-state index contributed by atoms with van der Waals surface area (Å²) in [7, 11) is 1.95. The van der Waals surface area contributed by atoms with E-state index in [-0.39, 0.29) is 0 Å². The van der Waals surface area contributed by atoms with Crippen LogP contribution in [-0.4, -0.2) is 35.1 Å². The van der Waals surface area contributed by atoms with Gasteiger partial charge in [-0.25, -0.2) is 15.0 Å². The molecule has 2 aromatic heterocycles. The SMILES string of the molecule is CNCCCNc1ncccc1-c1ccnc(Nc2cccc(Cl)c2)n1. The zero-order valence-corrected chi connectivity index (χ0v) is 15.3. The summed E-state index contributed by atoms with van der Waals surface area (Å²) < 4.78 is 0. The summed E-state index contributed by atoms with van der Waals surface area (Å²) in [5.41, 5.74) is 2.58. The number of rotatable bonds is 8. The number of hydrogen-bond acceptors (Lipinski definition) is 6. The lowest BCUT2D eigenvalue weighted by molar-refractivity contribution is 0.747. The molecule has 0 saturated heterocycles. The summed E-state index contributed by atoms with van der Waals surface area (Å²) >= 11 is 6.03. The molecule has 3 N–H and O–H groups in total. The predicted octanol–water partition coefficient (Wildman–Crippen LogP) is 3.96. The topological polar surface area (TPSA) is 74.8 Å². The number of hydrogen-bond donors (Lipinski definition) is 3. The summed E-state index contributed by atoms with van der Waals surface area (Å²) in [6, 6.07) is 13.2. The van der Waals surface area contributed by atoms with Crippen molar-refractivity contribution in [3.05, 3.63) is 59.9 Å². The summed E-state index contributed by atoms with van der Waals surface area (Å²) in [5, 5.41) is 10.3. The monoisotopic (exact) mass is 368 g/mol. The molecule has 0 spiro atoms. The van der Waals surface area contributed by atoms with E-state index in [0.717, 1.165) is 42.3 Å². The second-order valence-corrected chi connectivity index (χ2v) is 6.12. The van der Waals surface area contributed by atoms with Crippen LogP contribution in [0.3, 0.4) is 0 Å². The van der Waals surface area contributed by atoms with Gasteiger partial charge in [0.2, 0.25) is 5.95 Å². The van der Waals surface area contributed by atoms with Gasteiger partial charge < -0.3 is 16.0 Å². The maximum absolute atomic E-state index is 6.03. The average Bonchev–Trinajstić information content (AvgIpc) is 2.66. The third kappa shape index (κ3) is 4.91. The number of anilines is 3. The quantitative estimate of drug-likeness (QED) is 0.522. The van der Waals surface area contributed by atoms with Gasteiger partial charge in [-0.15, -0.1) is 0 Å². The molecule has 134 valence electrons. The molecule has 0 atom stereocenters. The van der Waals surface area contributed by atoms with E-state index >= 15 is 0 Å². The van der Waals surface area contributed by atoms with E-state index < -0.39 is 0 Å². The maximum Gasteiger partial charge on any atom is 0.227 e. The van der Waals surface area contributed by atoms with Gasteiger partial charge in [0, 0.05) is 35.2 Å². The fourth-order valence-corrected chi connectivity index (χ4v) is 2.68. The highest BCUT2D eigenvalue weighted by Gasteiger charge is 2.09. The first-order chi connectivity index (χ1) is 12.8. The molecule has 0 aliphatic heterocycles. The molecule has 1 aromatic carbocycles. The van der Waals surface area contributed by atoms with Gasteiger partial charge in [-0.2, -0.15) is 0 Å². The molecule has 0 fully saturated rings. The number of benzene rings is 1. The molecule has 3 rings (SSSR count). The van der Waals surface area contributed by atoms with Crippen molar-refractivity contribution in [3.8, 4) is 11.3 Å². The van der Waals surface area contributed by atoms with Crippen molar-refractivity contribution in [2.75, 3.05) is 30.8 Å². The molecule has 26 heavy (non-hydrogen) atoms. The molecule has 3 aromatic rings. The molecule has 0 aliphatic carbocycles. The number of aromatic nitrogens is 3. The Morgan fingerprint density at radius 3 is 2.77 bits per heavy atom. The van der Waals surface area contributed by atoms with Crippen molar-refractivity contribution in [1.82, 2.24) is 20.3 Å². The third-order valence-corrected chi connectivity index (χ3v) is 3.95. The van der Waals surface area contributed by atoms with E-state index in [1.807, 2.05) is 49.5 Å². The molecule has 0 aliphatic rings. The Hall–Kier alpha value is -2.70. The number of pyridine rings is 1. The molecule has 0 bridgehead atoms. The molecule has 0 amide bonds. The van der Waals surface area contributed by atoms with Gasteiger partial charge in [0.15, 0.2) is 0 Å². The first kappa shape index (κ1) is 18.1. The van der Waals surface area contributed by atoms with Gasteiger partial charge in [-0.1, -0.05) is 17.7 Å². The molecule has 0 radical (unpaired) electrons. The van der Waals surface area contributed by atoms with E-state index in [1.54, 1.807) is 12.4 Å². The van der Waals surface area contributed by atoms with Gasteiger partial charge in [0.05, 0.1) is 5.69 Å². The average molecular weight is 369 g/mol. The van der Waals surface area contributed by atoms with Crippen LogP contribution in [0.25, 0.3) is 11.3 Å². The number of halogens is 1. The lowest BCUT2D eigenvalue weighted by Crippen LogP contribution is -2.13. The Kier molecular flexibility index (Phi) is 6.35. The summed E-state index contributed by atoms with van der Waals surface area (Å²) in [6.07, 6.45) is 4.51. The zero-order chi connectivity index (χ0) is 18.2. The molecular formula is C19H21ClN6. The smallest absolute Gasteiger partial charge is 0.227 e. The maximum atomic E-state index is 6.03. The fourth-order valence-electron chi connectivity index (χ4n) is 2.49. The lowest BCUT2D eigenvalue weighted by Gasteiger charge is -2.11. The minimum Gasteiger partial charge on any atom is -0.369 e. The van der Waals surface area contributed by atoms with Crippen LogP contribution in [0.15, 0.2) is 54.9 Å². The molecule has 0 unspecified atom stereocenters. The normalized spacial score (nSPS) is 10.5. The lowest BCUT2D eigenvalue weighted by atomic mass is 10.2. The standard InChI is InChI=1S/C19H21ClN6/c1-21-9-4-11-23-18-16(7-3-10-22-18)17-8-12-24-19(26-17)25-15-6-2-5-14(20)13-15/h2-3,5-8,10,12-13,21H,4,9,11H2,1H3,(H,22,23)(H,24,25,26). The fraction of sp³-hybridized carbons (Fsp3) is 0.211. The summed E-state index contributed by atoms with van der Waals surface area (Å²) in [4.78, 5) is 13.4. The van der Waals surface area contributed by atoms with Crippen molar-refractivity contribution in [1.29, 1.82) is 0 Å². The van der Waals surface area contributed by atoms with Crippen molar-refractivity contribution < 1.29 is 0 Å². The largest absolute Gasteiger partial charge is 0.369 e. The van der Waals surface area contributed by atoms with Crippen molar-refractivity contribution in [2.24, 2.45) is 0 Å². The third-order valence-electron chi connectivity index (χ3n) is 3.72. The van der Waals surface area contributed by atoms with E-state index in [0.29, 0.717) is 11.0 Å². The Morgan fingerprint density at radius 2 is 1.92 bits per heavy atom. The summed E-state index contributed by atoms with van der Waals surface area (Å²) in [6.45, 7) is 1.79. The van der Waals surface area contributed by atoms with Gasteiger partial charge in [-0.05, 0) is 56.4 Å².